The van der Waals surface area contributed by atoms with E-state index in [0.717, 1.165) is 35.9 Å². The summed E-state index contributed by atoms with van der Waals surface area (Å²) in [7, 11) is 1.79. The van der Waals surface area contributed by atoms with Crippen molar-refractivity contribution in [3.8, 4) is 11.5 Å². The van der Waals surface area contributed by atoms with Crippen LogP contribution in [-0.4, -0.2) is 54.3 Å². The van der Waals surface area contributed by atoms with Crippen LogP contribution in [-0.2, 0) is 31.9 Å². The number of aromatic nitrogens is 1. The lowest BCUT2D eigenvalue weighted by Gasteiger charge is -2.27. The van der Waals surface area contributed by atoms with Crippen molar-refractivity contribution in [2.75, 3.05) is 12.1 Å². The molecule has 0 N–H and O–H groups in total. The van der Waals surface area contributed by atoms with Gasteiger partial charge in [-0.2, -0.15) is 5.10 Å². The second-order valence-electron chi connectivity index (χ2n) is 15.9. The van der Waals surface area contributed by atoms with Gasteiger partial charge in [-0.1, -0.05) is 74.4 Å². The molecule has 0 radical (unpaired) electrons. The number of hydrazone groups is 1. The number of carbonyl (C=O) groups excluding carboxylic acids is 4. The third-order valence-electron chi connectivity index (χ3n) is 11.4. The molecule has 4 aromatic carbocycles. The van der Waals surface area contributed by atoms with Crippen LogP contribution in [0.5, 0.6) is 11.5 Å². The molecule has 2 aliphatic carbocycles. The second-order valence-corrected chi connectivity index (χ2v) is 16.9. The number of hydrogen-bond acceptors (Lipinski definition) is 12. The van der Waals surface area contributed by atoms with Gasteiger partial charge < -0.3 is 18.9 Å². The van der Waals surface area contributed by atoms with Gasteiger partial charge in [0.2, 0.25) is 5.13 Å². The fourth-order valence-corrected chi connectivity index (χ4v) is 8.72. The van der Waals surface area contributed by atoms with Crippen molar-refractivity contribution in [2.45, 2.75) is 103 Å². The van der Waals surface area contributed by atoms with E-state index in [9.17, 15) is 19.2 Å². The van der Waals surface area contributed by atoms with E-state index >= 15 is 0 Å². The van der Waals surface area contributed by atoms with Crippen molar-refractivity contribution in [3.05, 3.63) is 119 Å². The van der Waals surface area contributed by atoms with Gasteiger partial charge in [-0.25, -0.2) is 19.6 Å². The minimum atomic E-state index is -0.388. The van der Waals surface area contributed by atoms with E-state index in [2.05, 4.69) is 23.9 Å². The Morgan fingerprint density at radius 1 is 0.689 bits per heavy atom. The van der Waals surface area contributed by atoms with E-state index < -0.39 is 0 Å². The first kappa shape index (κ1) is 43.2. The summed E-state index contributed by atoms with van der Waals surface area (Å²) in [6.07, 6.45) is 9.30. The first-order valence-electron chi connectivity index (χ1n) is 21.5. The third-order valence-corrected chi connectivity index (χ3v) is 12.5. The molecule has 1 heterocycles. The number of esters is 4. The molecule has 0 bridgehead atoms. The normalized spacial score (nSPS) is 19.0. The number of anilines is 1. The van der Waals surface area contributed by atoms with E-state index in [4.69, 9.17) is 18.9 Å². The Morgan fingerprint density at radius 2 is 1.21 bits per heavy atom. The summed E-state index contributed by atoms with van der Waals surface area (Å²) in [6, 6.07) is 27.8. The standard InChI is InChI=1S/C49H53N3O8S/c1-4-8-32-12-16-34(17-13-32)45(53)57-39-24-20-36(21-25-39)47(55)59-41-28-29-43(38(30-41)31-50-52(3)49-51-42-10-6-7-11-44(42)61-49)60-48(56)37-22-26-40(27-23-37)58-46(54)35-18-14-33(9-5-2)15-19-35/h6-7,10-19,28-31,36-37,39-40H,4-5,8-9,20-27H2,1-3H3/b50-31+. The highest BCUT2D eigenvalue weighted by Crippen LogP contribution is 2.33. The summed E-state index contributed by atoms with van der Waals surface area (Å²) < 4.78 is 24.5. The molecule has 7 rings (SSSR count). The highest BCUT2D eigenvalue weighted by atomic mass is 32.1. The molecule has 1 aromatic heterocycles. The lowest BCUT2D eigenvalue weighted by Crippen LogP contribution is -2.30. The van der Waals surface area contributed by atoms with E-state index in [1.54, 1.807) is 60.7 Å². The molecule has 5 aromatic rings. The van der Waals surface area contributed by atoms with Crippen molar-refractivity contribution in [3.63, 3.8) is 0 Å². The molecule has 0 aliphatic heterocycles. The van der Waals surface area contributed by atoms with Crippen molar-refractivity contribution in [1.29, 1.82) is 0 Å². The SMILES string of the molecule is CCCc1ccc(C(=O)OC2CCC(C(=O)Oc3ccc(OC(=O)C4CCC(OC(=O)c5ccc(CCC)cc5)CC4)c(/C=N/N(C)c4nc5ccccc5s4)c3)CC2)cc1. The smallest absolute Gasteiger partial charge is 0.338 e. The number of fused-ring (bicyclic) bond motifs is 1. The quantitative estimate of drug-likeness (QED) is 0.0434. The van der Waals surface area contributed by atoms with Gasteiger partial charge in [0.05, 0.1) is 39.4 Å². The highest BCUT2D eigenvalue weighted by molar-refractivity contribution is 7.22. The van der Waals surface area contributed by atoms with Crippen molar-refractivity contribution >= 4 is 56.8 Å². The van der Waals surface area contributed by atoms with Crippen molar-refractivity contribution in [2.24, 2.45) is 16.9 Å². The third kappa shape index (κ3) is 11.5. The van der Waals surface area contributed by atoms with Gasteiger partial charge in [0.15, 0.2) is 0 Å². The molecule has 318 valence electrons. The summed E-state index contributed by atoms with van der Waals surface area (Å²) >= 11 is 1.50. The van der Waals surface area contributed by atoms with E-state index in [-0.39, 0.29) is 59.4 Å². The van der Waals surface area contributed by atoms with Crippen LogP contribution >= 0.6 is 11.3 Å². The maximum absolute atomic E-state index is 13.6. The Labute approximate surface area is 361 Å². The number of thiazole rings is 1. The average Bonchev–Trinajstić information content (AvgIpc) is 3.72. The van der Waals surface area contributed by atoms with Crippen LogP contribution in [0.3, 0.4) is 0 Å². The summed E-state index contributed by atoms with van der Waals surface area (Å²) in [6.45, 7) is 4.24. The summed E-state index contributed by atoms with van der Waals surface area (Å²) in [5.74, 6) is -1.64. The Kier molecular flexibility index (Phi) is 14.6. The zero-order valence-corrected chi connectivity index (χ0v) is 35.9. The maximum atomic E-state index is 13.6. The molecule has 11 nitrogen and oxygen atoms in total. The molecule has 2 saturated carbocycles. The van der Waals surface area contributed by atoms with Gasteiger partial charge in [0.25, 0.3) is 0 Å². The summed E-state index contributed by atoms with van der Waals surface area (Å²) in [5, 5.41) is 6.95. The fraction of sp³-hybridized carbons (Fsp3) is 0.388. The number of rotatable bonds is 15. The Bertz CT molecular complexity index is 2290. The molecule has 0 atom stereocenters. The number of carbonyl (C=O) groups is 4. The van der Waals surface area contributed by atoms with E-state index in [1.165, 1.54) is 22.5 Å². The van der Waals surface area contributed by atoms with Crippen LogP contribution in [0.25, 0.3) is 10.2 Å². The number of hydrogen-bond donors (Lipinski definition) is 0. The van der Waals surface area contributed by atoms with Crippen LogP contribution in [0.15, 0.2) is 96.1 Å². The molecule has 0 spiro atoms. The van der Waals surface area contributed by atoms with Gasteiger partial charge in [-0.3, -0.25) is 9.59 Å². The monoisotopic (exact) mass is 843 g/mol. The van der Waals surface area contributed by atoms with Crippen LogP contribution in [0.4, 0.5) is 5.13 Å². The molecule has 0 amide bonds. The second kappa shape index (κ2) is 20.6. The first-order valence-corrected chi connectivity index (χ1v) is 22.3. The number of benzene rings is 4. The molecular formula is C49H53N3O8S. The van der Waals surface area contributed by atoms with Crippen LogP contribution < -0.4 is 14.5 Å². The van der Waals surface area contributed by atoms with E-state index in [1.807, 2.05) is 48.5 Å². The molecule has 0 unspecified atom stereocenters. The van der Waals surface area contributed by atoms with Crippen molar-refractivity contribution < 1.29 is 38.1 Å². The van der Waals surface area contributed by atoms with Crippen LogP contribution in [0.2, 0.25) is 0 Å². The maximum Gasteiger partial charge on any atom is 0.338 e. The van der Waals surface area contributed by atoms with Gasteiger partial charge in [0.1, 0.15) is 23.7 Å². The number of ether oxygens (including phenoxy) is 4. The Hall–Kier alpha value is -5.88. The lowest BCUT2D eigenvalue weighted by molar-refractivity contribution is -0.141. The summed E-state index contributed by atoms with van der Waals surface area (Å²) in [4.78, 5) is 57.4. The largest absolute Gasteiger partial charge is 0.459 e. The van der Waals surface area contributed by atoms with Gasteiger partial charge in [-0.15, -0.1) is 0 Å². The first-order chi connectivity index (χ1) is 29.6. The topological polar surface area (TPSA) is 134 Å². The van der Waals surface area contributed by atoms with Crippen LogP contribution in [0.1, 0.15) is 115 Å². The fourth-order valence-electron chi connectivity index (χ4n) is 7.84. The average molecular weight is 844 g/mol. The Balaban J connectivity index is 0.969. The van der Waals surface area contributed by atoms with Crippen LogP contribution in [0, 0.1) is 11.8 Å². The molecule has 12 heteroatoms. The molecule has 2 fully saturated rings. The molecular weight excluding hydrogens is 791 g/mol. The predicted octanol–water partition coefficient (Wildman–Crippen LogP) is 10.3. The molecule has 61 heavy (non-hydrogen) atoms. The molecule has 2 aliphatic rings. The number of aryl methyl sites for hydroxylation is 2. The van der Waals surface area contributed by atoms with Crippen molar-refractivity contribution in [1.82, 2.24) is 4.98 Å². The van der Waals surface area contributed by atoms with Gasteiger partial charge in [0, 0.05) is 12.6 Å². The number of para-hydroxylation sites is 1. The lowest BCUT2D eigenvalue weighted by atomic mass is 9.87. The Morgan fingerprint density at radius 3 is 1.74 bits per heavy atom. The minimum Gasteiger partial charge on any atom is -0.459 e. The van der Waals surface area contributed by atoms with Gasteiger partial charge >= 0.3 is 23.9 Å². The van der Waals surface area contributed by atoms with E-state index in [0.29, 0.717) is 73.2 Å². The van der Waals surface area contributed by atoms with Gasteiger partial charge in [-0.05, 0) is 130 Å². The number of nitrogens with zero attached hydrogens (tertiary/aromatic N) is 3. The minimum absolute atomic E-state index is 0.269. The zero-order chi connectivity index (χ0) is 42.7. The zero-order valence-electron chi connectivity index (χ0n) is 35.0. The highest BCUT2D eigenvalue weighted by Gasteiger charge is 2.32. The predicted molar refractivity (Wildman–Crippen MR) is 237 cm³/mol. The molecule has 0 saturated heterocycles. The summed E-state index contributed by atoms with van der Waals surface area (Å²) in [5.41, 5.74) is 4.72.